The third-order valence-corrected chi connectivity index (χ3v) is 4.74. The second-order valence-corrected chi connectivity index (χ2v) is 7.52. The third-order valence-electron chi connectivity index (χ3n) is 4.74. The SMILES string of the molecule is CC1(C)CN(c2ccc(OC(C)(F)F)cc2)C2CCCCC2N1. The number of benzene rings is 1. The first-order chi connectivity index (χ1) is 10.7. The van der Waals surface area contributed by atoms with Gasteiger partial charge in [-0.25, -0.2) is 0 Å². The van der Waals surface area contributed by atoms with Crippen LogP contribution in [-0.4, -0.2) is 30.3 Å². The van der Waals surface area contributed by atoms with Crippen LogP contribution in [0.4, 0.5) is 14.5 Å². The van der Waals surface area contributed by atoms with Gasteiger partial charge in [0.25, 0.3) is 0 Å². The van der Waals surface area contributed by atoms with E-state index in [4.69, 9.17) is 0 Å². The molecule has 1 saturated heterocycles. The number of piperazine rings is 1. The number of fused-ring (bicyclic) bond motifs is 1. The van der Waals surface area contributed by atoms with Gasteiger partial charge in [0, 0.05) is 36.8 Å². The Labute approximate surface area is 137 Å². The molecule has 5 heteroatoms. The standard InChI is InChI=1S/C18H26F2N2O/c1-17(2)12-22(16-7-5-4-6-15(16)21-17)13-8-10-14(11-9-13)23-18(3,19)20/h8-11,15-16,21H,4-7,12H2,1-3H3. The molecule has 1 aliphatic carbocycles. The fourth-order valence-electron chi connectivity index (χ4n) is 3.94. The van der Waals surface area contributed by atoms with Gasteiger partial charge in [0.2, 0.25) is 0 Å². The van der Waals surface area contributed by atoms with Gasteiger partial charge in [-0.05, 0) is 51.0 Å². The molecule has 2 unspecified atom stereocenters. The van der Waals surface area contributed by atoms with E-state index in [0.717, 1.165) is 19.2 Å². The molecule has 1 aromatic carbocycles. The lowest BCUT2D eigenvalue weighted by Crippen LogP contribution is -2.67. The lowest BCUT2D eigenvalue weighted by molar-refractivity contribution is -0.158. The van der Waals surface area contributed by atoms with Crippen LogP contribution >= 0.6 is 0 Å². The van der Waals surface area contributed by atoms with E-state index in [0.29, 0.717) is 12.1 Å². The quantitative estimate of drug-likeness (QED) is 0.903. The minimum absolute atomic E-state index is 0.0458. The summed E-state index contributed by atoms with van der Waals surface area (Å²) in [7, 11) is 0. The van der Waals surface area contributed by atoms with Crippen molar-refractivity contribution in [2.75, 3.05) is 11.4 Å². The Balaban J connectivity index is 1.80. The minimum Gasteiger partial charge on any atom is -0.433 e. The Morgan fingerprint density at radius 2 is 1.83 bits per heavy atom. The number of alkyl halides is 2. The summed E-state index contributed by atoms with van der Waals surface area (Å²) in [5, 5.41) is 3.77. The maximum absolute atomic E-state index is 12.9. The maximum Gasteiger partial charge on any atom is 0.394 e. The first-order valence-electron chi connectivity index (χ1n) is 8.45. The van der Waals surface area contributed by atoms with Crippen LogP contribution in [0.2, 0.25) is 0 Å². The van der Waals surface area contributed by atoms with Crippen molar-refractivity contribution < 1.29 is 13.5 Å². The lowest BCUT2D eigenvalue weighted by Gasteiger charge is -2.52. The van der Waals surface area contributed by atoms with E-state index in [-0.39, 0.29) is 11.3 Å². The van der Waals surface area contributed by atoms with Crippen molar-refractivity contribution in [3.8, 4) is 5.75 Å². The first kappa shape index (κ1) is 16.5. The van der Waals surface area contributed by atoms with Gasteiger partial charge in [0.05, 0.1) is 0 Å². The number of nitrogens with one attached hydrogen (secondary N) is 1. The molecule has 1 aromatic rings. The number of hydrogen-bond donors (Lipinski definition) is 1. The van der Waals surface area contributed by atoms with Crippen LogP contribution in [0.15, 0.2) is 24.3 Å². The molecule has 0 amide bonds. The number of hydrogen-bond acceptors (Lipinski definition) is 3. The van der Waals surface area contributed by atoms with Gasteiger partial charge in [0.1, 0.15) is 5.75 Å². The van der Waals surface area contributed by atoms with E-state index in [1.54, 1.807) is 12.1 Å². The summed E-state index contributed by atoms with van der Waals surface area (Å²) in [6, 6.07) is 8.06. The van der Waals surface area contributed by atoms with Crippen molar-refractivity contribution in [2.45, 2.75) is 70.2 Å². The van der Waals surface area contributed by atoms with Crippen LogP contribution in [0.25, 0.3) is 0 Å². The van der Waals surface area contributed by atoms with Gasteiger partial charge in [0.15, 0.2) is 0 Å². The first-order valence-corrected chi connectivity index (χ1v) is 8.45. The predicted molar refractivity (Wildman–Crippen MR) is 88.3 cm³/mol. The Hall–Kier alpha value is -1.36. The lowest BCUT2D eigenvalue weighted by atomic mass is 9.83. The summed E-state index contributed by atoms with van der Waals surface area (Å²) in [6.07, 6.45) is 1.76. The molecule has 3 rings (SSSR count). The highest BCUT2D eigenvalue weighted by Crippen LogP contribution is 2.34. The normalized spacial score (nSPS) is 27.4. The second-order valence-electron chi connectivity index (χ2n) is 7.52. The average Bonchev–Trinajstić information content (AvgIpc) is 2.44. The molecule has 2 aliphatic rings. The molecule has 0 bridgehead atoms. The van der Waals surface area contributed by atoms with Crippen molar-refractivity contribution >= 4 is 5.69 Å². The zero-order valence-corrected chi connectivity index (χ0v) is 14.1. The minimum atomic E-state index is -3.15. The molecule has 2 atom stereocenters. The molecule has 1 N–H and O–H groups in total. The Kier molecular flexibility index (Phi) is 4.25. The van der Waals surface area contributed by atoms with E-state index in [1.807, 2.05) is 12.1 Å². The highest BCUT2D eigenvalue weighted by molar-refractivity contribution is 5.51. The number of anilines is 1. The summed E-state index contributed by atoms with van der Waals surface area (Å²) in [5.74, 6) is 0.204. The number of halogens is 2. The highest BCUT2D eigenvalue weighted by Gasteiger charge is 2.40. The average molecular weight is 324 g/mol. The van der Waals surface area contributed by atoms with Gasteiger partial charge in [-0.2, -0.15) is 8.78 Å². The number of rotatable bonds is 3. The summed E-state index contributed by atoms with van der Waals surface area (Å²) < 4.78 is 30.5. The molecule has 1 saturated carbocycles. The van der Waals surface area contributed by atoms with E-state index in [1.165, 1.54) is 25.7 Å². The maximum atomic E-state index is 12.9. The summed E-state index contributed by atoms with van der Waals surface area (Å²) >= 11 is 0. The van der Waals surface area contributed by atoms with E-state index >= 15 is 0 Å². The molecular weight excluding hydrogens is 298 g/mol. The summed E-state index contributed by atoms with van der Waals surface area (Å²) in [4.78, 5) is 2.44. The number of ether oxygens (including phenoxy) is 1. The van der Waals surface area contributed by atoms with Gasteiger partial charge >= 0.3 is 6.11 Å². The van der Waals surface area contributed by atoms with E-state index < -0.39 is 6.11 Å². The van der Waals surface area contributed by atoms with E-state index in [9.17, 15) is 8.78 Å². The Bertz CT molecular complexity index is 539. The topological polar surface area (TPSA) is 24.5 Å². The predicted octanol–water partition coefficient (Wildman–Crippen LogP) is 4.18. The van der Waals surface area contributed by atoms with E-state index in [2.05, 4.69) is 28.8 Å². The molecule has 3 nitrogen and oxygen atoms in total. The monoisotopic (exact) mass is 324 g/mol. The van der Waals surface area contributed by atoms with Crippen molar-refractivity contribution in [2.24, 2.45) is 0 Å². The second kappa shape index (κ2) is 5.93. The van der Waals surface area contributed by atoms with Crippen molar-refractivity contribution in [3.63, 3.8) is 0 Å². The van der Waals surface area contributed by atoms with Crippen molar-refractivity contribution in [3.05, 3.63) is 24.3 Å². The van der Waals surface area contributed by atoms with Gasteiger partial charge < -0.3 is 15.0 Å². The molecule has 2 fully saturated rings. The smallest absolute Gasteiger partial charge is 0.394 e. The van der Waals surface area contributed by atoms with Gasteiger partial charge in [-0.3, -0.25) is 0 Å². The highest BCUT2D eigenvalue weighted by atomic mass is 19.3. The molecular formula is C18H26F2N2O. The van der Waals surface area contributed by atoms with Crippen LogP contribution in [0, 0.1) is 0 Å². The van der Waals surface area contributed by atoms with Crippen LogP contribution in [-0.2, 0) is 0 Å². The van der Waals surface area contributed by atoms with Crippen molar-refractivity contribution in [1.82, 2.24) is 5.32 Å². The van der Waals surface area contributed by atoms with Crippen LogP contribution < -0.4 is 15.0 Å². The molecule has 1 heterocycles. The molecule has 0 spiro atoms. The van der Waals surface area contributed by atoms with Crippen molar-refractivity contribution in [1.29, 1.82) is 0 Å². The third kappa shape index (κ3) is 3.94. The van der Waals surface area contributed by atoms with Gasteiger partial charge in [-0.15, -0.1) is 0 Å². The van der Waals surface area contributed by atoms with Crippen LogP contribution in [0.3, 0.4) is 0 Å². The fraction of sp³-hybridized carbons (Fsp3) is 0.667. The zero-order valence-electron chi connectivity index (χ0n) is 14.1. The molecule has 23 heavy (non-hydrogen) atoms. The molecule has 0 aromatic heterocycles. The summed E-state index contributed by atoms with van der Waals surface area (Å²) in [5.41, 5.74) is 1.13. The zero-order chi connectivity index (χ0) is 16.7. The fourth-order valence-corrected chi connectivity index (χ4v) is 3.94. The van der Waals surface area contributed by atoms with Crippen LogP contribution in [0.5, 0.6) is 5.75 Å². The molecule has 128 valence electrons. The Morgan fingerprint density at radius 3 is 2.48 bits per heavy atom. The van der Waals surface area contributed by atoms with Gasteiger partial charge in [-0.1, -0.05) is 12.8 Å². The molecule has 1 aliphatic heterocycles. The van der Waals surface area contributed by atoms with Crippen LogP contribution in [0.1, 0.15) is 46.5 Å². The summed E-state index contributed by atoms with van der Waals surface area (Å²) in [6.45, 7) is 6.12. The largest absolute Gasteiger partial charge is 0.433 e. The Morgan fingerprint density at radius 1 is 1.17 bits per heavy atom. The molecule has 0 radical (unpaired) electrons. The number of nitrogens with zero attached hydrogens (tertiary/aromatic N) is 1.